The molecule has 5 heteroatoms. The molecular formula is C15H12Cl2O3. The van der Waals surface area contributed by atoms with Crippen molar-refractivity contribution < 1.29 is 14.6 Å². The fourth-order valence-corrected chi connectivity index (χ4v) is 2.52. The summed E-state index contributed by atoms with van der Waals surface area (Å²) in [5, 5.41) is 10.2. The molecule has 0 atom stereocenters. The molecule has 0 unspecified atom stereocenters. The molecule has 0 saturated heterocycles. The molecule has 0 amide bonds. The first kappa shape index (κ1) is 13.4. The molecule has 1 heterocycles. The van der Waals surface area contributed by atoms with Crippen LogP contribution in [-0.2, 0) is 0 Å². The quantitative estimate of drug-likeness (QED) is 0.841. The van der Waals surface area contributed by atoms with E-state index >= 15 is 0 Å². The molecule has 0 bridgehead atoms. The molecule has 0 spiro atoms. The zero-order valence-electron chi connectivity index (χ0n) is 10.5. The highest BCUT2D eigenvalue weighted by molar-refractivity contribution is 6.36. The van der Waals surface area contributed by atoms with Gasteiger partial charge in [0.2, 0.25) is 0 Å². The smallest absolute Gasteiger partial charge is 0.161 e. The zero-order chi connectivity index (χ0) is 14.1. The van der Waals surface area contributed by atoms with E-state index in [0.717, 1.165) is 23.3 Å². The summed E-state index contributed by atoms with van der Waals surface area (Å²) >= 11 is 12.1. The average Bonchev–Trinajstić information content (AvgIpc) is 2.67. The number of fused-ring (bicyclic) bond motifs is 1. The standard InChI is InChI=1S/C15H12Cl2O3/c16-11-8-13(18)12(17)7-10(11)9-2-3-14-15(6-9)20-5-1-4-19-14/h2-3,6-8,18H,1,4-5H2. The number of ether oxygens (including phenoxy) is 2. The lowest BCUT2D eigenvalue weighted by Gasteiger charge is -2.11. The molecule has 1 N–H and O–H groups in total. The second kappa shape index (κ2) is 5.43. The summed E-state index contributed by atoms with van der Waals surface area (Å²) in [5.74, 6) is 1.39. The molecule has 0 aliphatic carbocycles. The molecule has 3 rings (SSSR count). The van der Waals surface area contributed by atoms with Gasteiger partial charge in [-0.2, -0.15) is 0 Å². The highest BCUT2D eigenvalue weighted by atomic mass is 35.5. The molecule has 0 saturated carbocycles. The summed E-state index contributed by atoms with van der Waals surface area (Å²) in [6, 6.07) is 8.69. The van der Waals surface area contributed by atoms with Crippen molar-refractivity contribution in [1.29, 1.82) is 0 Å². The maximum absolute atomic E-state index is 9.54. The van der Waals surface area contributed by atoms with Crippen LogP contribution in [0.25, 0.3) is 11.1 Å². The normalized spacial score (nSPS) is 13.9. The minimum Gasteiger partial charge on any atom is -0.506 e. The van der Waals surface area contributed by atoms with Crippen LogP contribution in [0.2, 0.25) is 10.0 Å². The third kappa shape index (κ3) is 2.51. The average molecular weight is 311 g/mol. The molecule has 0 aromatic heterocycles. The van der Waals surface area contributed by atoms with Crippen molar-refractivity contribution in [2.75, 3.05) is 13.2 Å². The lowest BCUT2D eigenvalue weighted by Crippen LogP contribution is -1.97. The highest BCUT2D eigenvalue weighted by Gasteiger charge is 2.14. The van der Waals surface area contributed by atoms with E-state index in [1.54, 1.807) is 6.07 Å². The highest BCUT2D eigenvalue weighted by Crippen LogP contribution is 2.39. The predicted octanol–water partition coefficient (Wildman–Crippen LogP) is 4.53. The SMILES string of the molecule is Oc1cc(Cl)c(-c2ccc3c(c2)OCCCO3)cc1Cl. The van der Waals surface area contributed by atoms with Gasteiger partial charge in [-0.3, -0.25) is 0 Å². The number of aromatic hydroxyl groups is 1. The van der Waals surface area contributed by atoms with Gasteiger partial charge in [0.15, 0.2) is 11.5 Å². The lowest BCUT2D eigenvalue weighted by atomic mass is 10.0. The predicted molar refractivity (Wildman–Crippen MR) is 79.2 cm³/mol. The van der Waals surface area contributed by atoms with Gasteiger partial charge < -0.3 is 14.6 Å². The van der Waals surface area contributed by atoms with Gasteiger partial charge in [-0.05, 0) is 23.8 Å². The van der Waals surface area contributed by atoms with E-state index in [2.05, 4.69) is 0 Å². The van der Waals surface area contributed by atoms with Crippen LogP contribution in [0.4, 0.5) is 0 Å². The Labute approximate surface area is 126 Å². The maximum atomic E-state index is 9.54. The molecular weight excluding hydrogens is 299 g/mol. The van der Waals surface area contributed by atoms with Crippen LogP contribution in [0, 0.1) is 0 Å². The van der Waals surface area contributed by atoms with Crippen LogP contribution >= 0.6 is 23.2 Å². The number of halogens is 2. The first-order chi connectivity index (χ1) is 9.65. The van der Waals surface area contributed by atoms with E-state index in [1.807, 2.05) is 18.2 Å². The molecule has 0 radical (unpaired) electrons. The van der Waals surface area contributed by atoms with Gasteiger partial charge in [0.1, 0.15) is 5.75 Å². The fraction of sp³-hybridized carbons (Fsp3) is 0.200. The molecule has 104 valence electrons. The minimum atomic E-state index is -0.0326. The van der Waals surface area contributed by atoms with Crippen LogP contribution in [0.3, 0.4) is 0 Å². The van der Waals surface area contributed by atoms with Gasteiger partial charge >= 0.3 is 0 Å². The van der Waals surface area contributed by atoms with Crippen LogP contribution < -0.4 is 9.47 Å². The van der Waals surface area contributed by atoms with E-state index in [9.17, 15) is 5.11 Å². The number of rotatable bonds is 1. The lowest BCUT2D eigenvalue weighted by molar-refractivity contribution is 0.297. The summed E-state index contributed by atoms with van der Waals surface area (Å²) in [5.41, 5.74) is 1.60. The zero-order valence-corrected chi connectivity index (χ0v) is 12.0. The van der Waals surface area contributed by atoms with E-state index in [1.165, 1.54) is 6.07 Å². The Morgan fingerprint density at radius 2 is 1.65 bits per heavy atom. The van der Waals surface area contributed by atoms with Crippen molar-refractivity contribution in [3.63, 3.8) is 0 Å². The van der Waals surface area contributed by atoms with Crippen molar-refractivity contribution in [2.24, 2.45) is 0 Å². The van der Waals surface area contributed by atoms with Gasteiger partial charge in [0.25, 0.3) is 0 Å². The fourth-order valence-electron chi connectivity index (χ4n) is 2.09. The first-order valence-electron chi connectivity index (χ1n) is 6.23. The van der Waals surface area contributed by atoms with Gasteiger partial charge in [0, 0.05) is 18.1 Å². The van der Waals surface area contributed by atoms with E-state index in [-0.39, 0.29) is 10.8 Å². The number of hydrogen-bond acceptors (Lipinski definition) is 3. The molecule has 1 aliphatic heterocycles. The number of phenolic OH excluding ortho intramolecular Hbond substituents is 1. The van der Waals surface area contributed by atoms with E-state index in [0.29, 0.717) is 24.0 Å². The molecule has 0 fully saturated rings. The molecule has 1 aliphatic rings. The summed E-state index contributed by atoms with van der Waals surface area (Å²) in [7, 11) is 0. The Bertz CT molecular complexity index is 656. The van der Waals surface area contributed by atoms with Gasteiger partial charge in [-0.25, -0.2) is 0 Å². The number of hydrogen-bond donors (Lipinski definition) is 1. The van der Waals surface area contributed by atoms with E-state index in [4.69, 9.17) is 32.7 Å². The molecule has 2 aromatic rings. The Balaban J connectivity index is 2.07. The van der Waals surface area contributed by atoms with Gasteiger partial charge in [-0.1, -0.05) is 29.3 Å². The van der Waals surface area contributed by atoms with Crippen LogP contribution in [0.15, 0.2) is 30.3 Å². The number of benzene rings is 2. The summed E-state index contributed by atoms with van der Waals surface area (Å²) < 4.78 is 11.2. The van der Waals surface area contributed by atoms with Crippen molar-refractivity contribution in [1.82, 2.24) is 0 Å². The second-order valence-electron chi connectivity index (χ2n) is 4.50. The Hall–Kier alpha value is -1.58. The Kier molecular flexibility index (Phi) is 3.64. The van der Waals surface area contributed by atoms with Gasteiger partial charge in [-0.15, -0.1) is 0 Å². The second-order valence-corrected chi connectivity index (χ2v) is 5.31. The minimum absolute atomic E-state index is 0.0326. The van der Waals surface area contributed by atoms with Crippen LogP contribution in [0.1, 0.15) is 6.42 Å². The Morgan fingerprint density at radius 1 is 0.900 bits per heavy atom. The molecule has 20 heavy (non-hydrogen) atoms. The molecule has 2 aromatic carbocycles. The maximum Gasteiger partial charge on any atom is 0.161 e. The van der Waals surface area contributed by atoms with Crippen molar-refractivity contribution in [3.8, 4) is 28.4 Å². The summed E-state index contributed by atoms with van der Waals surface area (Å²) in [6.45, 7) is 1.28. The largest absolute Gasteiger partial charge is 0.506 e. The van der Waals surface area contributed by atoms with Crippen molar-refractivity contribution >= 4 is 23.2 Å². The summed E-state index contributed by atoms with van der Waals surface area (Å²) in [4.78, 5) is 0. The number of phenols is 1. The third-order valence-electron chi connectivity index (χ3n) is 3.10. The topological polar surface area (TPSA) is 38.7 Å². The van der Waals surface area contributed by atoms with Crippen LogP contribution in [0.5, 0.6) is 17.2 Å². The molecule has 3 nitrogen and oxygen atoms in total. The monoisotopic (exact) mass is 310 g/mol. The van der Waals surface area contributed by atoms with Crippen molar-refractivity contribution in [3.05, 3.63) is 40.4 Å². The first-order valence-corrected chi connectivity index (χ1v) is 6.99. The third-order valence-corrected chi connectivity index (χ3v) is 3.71. The van der Waals surface area contributed by atoms with Crippen LogP contribution in [-0.4, -0.2) is 18.3 Å². The summed E-state index contributed by atoms with van der Waals surface area (Å²) in [6.07, 6.45) is 0.857. The Morgan fingerprint density at radius 3 is 2.45 bits per heavy atom. The van der Waals surface area contributed by atoms with Gasteiger partial charge in [0.05, 0.1) is 23.3 Å². The van der Waals surface area contributed by atoms with Crippen molar-refractivity contribution in [2.45, 2.75) is 6.42 Å². The van der Waals surface area contributed by atoms with E-state index < -0.39 is 0 Å².